The normalized spacial score (nSPS) is 25.5. The van der Waals surface area contributed by atoms with Crippen LogP contribution in [-0.4, -0.2) is 37.5 Å². The highest BCUT2D eigenvalue weighted by Gasteiger charge is 2.35. The van der Waals surface area contributed by atoms with Crippen LogP contribution in [0.25, 0.3) is 0 Å². The third-order valence-corrected chi connectivity index (χ3v) is 4.39. The average Bonchev–Trinajstić information content (AvgIpc) is 2.53. The van der Waals surface area contributed by atoms with Crippen LogP contribution in [0.2, 0.25) is 0 Å². The highest BCUT2D eigenvalue weighted by Crippen LogP contribution is 2.38. The summed E-state index contributed by atoms with van der Waals surface area (Å²) in [6.45, 7) is 1.01. The Morgan fingerprint density at radius 2 is 1.95 bits per heavy atom. The first kappa shape index (κ1) is 14.1. The number of benzene rings is 1. The zero-order valence-electron chi connectivity index (χ0n) is 12.5. The van der Waals surface area contributed by atoms with Gasteiger partial charge in [0.15, 0.2) is 11.5 Å². The minimum Gasteiger partial charge on any atom is -0.493 e. The SMILES string of the molecule is COc1ccc([C@H]2CC(=O)C[C@@H]3C=CCCN23)cc1OC. The molecule has 1 aromatic carbocycles. The highest BCUT2D eigenvalue weighted by atomic mass is 16.5. The Labute approximate surface area is 125 Å². The van der Waals surface area contributed by atoms with Gasteiger partial charge in [0.1, 0.15) is 5.78 Å². The molecule has 3 rings (SSSR count). The molecule has 21 heavy (non-hydrogen) atoms. The number of piperidine rings is 1. The van der Waals surface area contributed by atoms with Crippen molar-refractivity contribution in [2.75, 3.05) is 20.8 Å². The molecule has 2 heterocycles. The molecule has 0 aromatic heterocycles. The number of carbonyl (C=O) groups excluding carboxylic acids is 1. The summed E-state index contributed by atoms with van der Waals surface area (Å²) in [6.07, 6.45) is 6.63. The molecule has 0 unspecified atom stereocenters. The van der Waals surface area contributed by atoms with Gasteiger partial charge in [-0.25, -0.2) is 0 Å². The van der Waals surface area contributed by atoms with Crippen LogP contribution in [-0.2, 0) is 4.79 Å². The molecule has 0 spiro atoms. The predicted octanol–water partition coefficient (Wildman–Crippen LogP) is 2.74. The average molecular weight is 287 g/mol. The van der Waals surface area contributed by atoms with Crippen molar-refractivity contribution in [3.8, 4) is 11.5 Å². The predicted molar refractivity (Wildman–Crippen MR) is 80.8 cm³/mol. The van der Waals surface area contributed by atoms with Crippen molar-refractivity contribution >= 4 is 5.78 Å². The maximum Gasteiger partial charge on any atom is 0.161 e. The molecule has 2 aliphatic rings. The molecule has 4 heteroatoms. The Morgan fingerprint density at radius 3 is 2.71 bits per heavy atom. The van der Waals surface area contributed by atoms with Gasteiger partial charge >= 0.3 is 0 Å². The second kappa shape index (κ2) is 5.90. The quantitative estimate of drug-likeness (QED) is 0.801. The summed E-state index contributed by atoms with van der Waals surface area (Å²) in [5.41, 5.74) is 1.13. The largest absolute Gasteiger partial charge is 0.493 e. The first-order chi connectivity index (χ1) is 10.2. The molecular weight excluding hydrogens is 266 g/mol. The fraction of sp³-hybridized carbons (Fsp3) is 0.471. The summed E-state index contributed by atoms with van der Waals surface area (Å²) >= 11 is 0. The van der Waals surface area contributed by atoms with Crippen molar-refractivity contribution in [2.24, 2.45) is 0 Å². The minimum absolute atomic E-state index is 0.140. The van der Waals surface area contributed by atoms with Crippen molar-refractivity contribution in [3.05, 3.63) is 35.9 Å². The smallest absolute Gasteiger partial charge is 0.161 e. The maximum absolute atomic E-state index is 12.1. The zero-order chi connectivity index (χ0) is 14.8. The van der Waals surface area contributed by atoms with Crippen LogP contribution in [0, 0.1) is 0 Å². The Hall–Kier alpha value is -1.81. The number of ether oxygens (including phenoxy) is 2. The molecule has 2 aliphatic heterocycles. The van der Waals surface area contributed by atoms with Gasteiger partial charge in [-0.15, -0.1) is 0 Å². The first-order valence-electron chi connectivity index (χ1n) is 7.39. The van der Waals surface area contributed by atoms with E-state index in [1.165, 1.54) is 0 Å². The molecular formula is C17H21NO3. The minimum atomic E-state index is 0.140. The van der Waals surface area contributed by atoms with E-state index in [1.807, 2.05) is 18.2 Å². The lowest BCUT2D eigenvalue weighted by atomic mass is 9.88. The number of fused-ring (bicyclic) bond motifs is 1. The summed E-state index contributed by atoms with van der Waals surface area (Å²) in [6, 6.07) is 6.35. The maximum atomic E-state index is 12.1. The van der Waals surface area contributed by atoms with Crippen LogP contribution in [0.5, 0.6) is 11.5 Å². The van der Waals surface area contributed by atoms with Crippen LogP contribution in [0.4, 0.5) is 0 Å². The van der Waals surface area contributed by atoms with Gasteiger partial charge in [0, 0.05) is 31.5 Å². The van der Waals surface area contributed by atoms with E-state index in [0.717, 1.165) is 30.0 Å². The van der Waals surface area contributed by atoms with E-state index in [4.69, 9.17) is 9.47 Å². The Bertz CT molecular complexity index is 567. The topological polar surface area (TPSA) is 38.8 Å². The molecule has 0 radical (unpaired) electrons. The van der Waals surface area contributed by atoms with Gasteiger partial charge in [-0.3, -0.25) is 9.69 Å². The van der Waals surface area contributed by atoms with Gasteiger partial charge in [0.05, 0.1) is 14.2 Å². The van der Waals surface area contributed by atoms with Crippen molar-refractivity contribution in [1.82, 2.24) is 4.90 Å². The summed E-state index contributed by atoms with van der Waals surface area (Å²) in [5.74, 6) is 1.78. The van der Waals surface area contributed by atoms with Crippen molar-refractivity contribution in [1.29, 1.82) is 0 Å². The third-order valence-electron chi connectivity index (χ3n) is 4.39. The molecule has 0 aliphatic carbocycles. The van der Waals surface area contributed by atoms with Crippen LogP contribution >= 0.6 is 0 Å². The molecule has 112 valence electrons. The van der Waals surface area contributed by atoms with E-state index in [2.05, 4.69) is 17.1 Å². The number of rotatable bonds is 3. The van der Waals surface area contributed by atoms with E-state index >= 15 is 0 Å². The van der Waals surface area contributed by atoms with Crippen LogP contribution < -0.4 is 9.47 Å². The molecule has 2 atom stereocenters. The van der Waals surface area contributed by atoms with E-state index < -0.39 is 0 Å². The third kappa shape index (κ3) is 2.68. The summed E-state index contributed by atoms with van der Waals surface area (Å²) in [4.78, 5) is 14.5. The number of methoxy groups -OCH3 is 2. The van der Waals surface area contributed by atoms with Crippen molar-refractivity contribution < 1.29 is 14.3 Å². The second-order valence-electron chi connectivity index (χ2n) is 5.60. The molecule has 0 N–H and O–H groups in total. The summed E-state index contributed by atoms with van der Waals surface area (Å²) in [7, 11) is 3.27. The monoisotopic (exact) mass is 287 g/mol. The lowest BCUT2D eigenvalue weighted by Crippen LogP contribution is -2.45. The molecule has 0 amide bonds. The molecule has 4 nitrogen and oxygen atoms in total. The van der Waals surface area contributed by atoms with Gasteiger partial charge in [0.25, 0.3) is 0 Å². The van der Waals surface area contributed by atoms with Crippen LogP contribution in [0.3, 0.4) is 0 Å². The summed E-state index contributed by atoms with van der Waals surface area (Å²) < 4.78 is 10.7. The van der Waals surface area contributed by atoms with Crippen LogP contribution in [0.15, 0.2) is 30.4 Å². The first-order valence-corrected chi connectivity index (χ1v) is 7.39. The van der Waals surface area contributed by atoms with E-state index in [0.29, 0.717) is 18.6 Å². The molecule has 1 saturated heterocycles. The van der Waals surface area contributed by atoms with Gasteiger partial charge in [-0.05, 0) is 24.1 Å². The second-order valence-corrected chi connectivity index (χ2v) is 5.60. The lowest BCUT2D eigenvalue weighted by Gasteiger charge is -2.42. The van der Waals surface area contributed by atoms with E-state index in [-0.39, 0.29) is 12.1 Å². The Balaban J connectivity index is 1.94. The number of hydrogen-bond donors (Lipinski definition) is 0. The molecule has 1 fully saturated rings. The molecule has 0 saturated carbocycles. The number of hydrogen-bond acceptors (Lipinski definition) is 4. The standard InChI is InChI=1S/C17H21NO3/c1-20-16-7-6-12(9-17(16)21-2)15-11-14(19)10-13-5-3-4-8-18(13)15/h3,5-7,9,13,15H,4,8,10-11H2,1-2H3/t13-,15+/m0/s1. The van der Waals surface area contributed by atoms with Gasteiger partial charge in [-0.1, -0.05) is 18.2 Å². The number of ketones is 1. The van der Waals surface area contributed by atoms with Gasteiger partial charge in [-0.2, -0.15) is 0 Å². The van der Waals surface area contributed by atoms with Crippen molar-refractivity contribution in [2.45, 2.75) is 31.3 Å². The van der Waals surface area contributed by atoms with Gasteiger partial charge in [0.2, 0.25) is 0 Å². The number of nitrogens with zero attached hydrogens (tertiary/aromatic N) is 1. The zero-order valence-corrected chi connectivity index (χ0v) is 12.5. The fourth-order valence-corrected chi connectivity index (χ4v) is 3.34. The molecule has 0 bridgehead atoms. The van der Waals surface area contributed by atoms with Crippen molar-refractivity contribution in [3.63, 3.8) is 0 Å². The van der Waals surface area contributed by atoms with E-state index in [1.54, 1.807) is 14.2 Å². The summed E-state index contributed by atoms with van der Waals surface area (Å²) in [5, 5.41) is 0. The van der Waals surface area contributed by atoms with Gasteiger partial charge < -0.3 is 9.47 Å². The van der Waals surface area contributed by atoms with E-state index in [9.17, 15) is 4.79 Å². The fourth-order valence-electron chi connectivity index (χ4n) is 3.34. The molecule has 1 aromatic rings. The lowest BCUT2D eigenvalue weighted by molar-refractivity contribution is -0.124. The number of Topliss-reactive ketones (excluding diaryl/α,β-unsaturated/α-hetero) is 1. The highest BCUT2D eigenvalue weighted by molar-refractivity contribution is 5.81. The number of carbonyl (C=O) groups is 1. The Kier molecular flexibility index (Phi) is 3.97. The van der Waals surface area contributed by atoms with Crippen LogP contribution in [0.1, 0.15) is 30.9 Å². The Morgan fingerprint density at radius 1 is 1.14 bits per heavy atom.